The van der Waals surface area contributed by atoms with Gasteiger partial charge >= 0.3 is 0 Å². The van der Waals surface area contributed by atoms with Crippen LogP contribution in [0, 0.1) is 23.7 Å². The first-order valence-electron chi connectivity index (χ1n) is 9.52. The molecule has 120 valence electrons. The average Bonchev–Trinajstić information content (AvgIpc) is 2.96. The summed E-state index contributed by atoms with van der Waals surface area (Å²) in [6, 6.07) is 0. The highest BCUT2D eigenvalue weighted by atomic mass is 14.4. The van der Waals surface area contributed by atoms with E-state index >= 15 is 0 Å². The van der Waals surface area contributed by atoms with E-state index in [1.165, 1.54) is 44.9 Å². The molecule has 0 heteroatoms. The van der Waals surface area contributed by atoms with Gasteiger partial charge in [-0.2, -0.15) is 0 Å². The van der Waals surface area contributed by atoms with Crippen molar-refractivity contribution in [2.24, 2.45) is 23.7 Å². The summed E-state index contributed by atoms with van der Waals surface area (Å²) in [6.45, 7) is 7.12. The molecule has 3 unspecified atom stereocenters. The van der Waals surface area contributed by atoms with Crippen molar-refractivity contribution in [3.8, 4) is 0 Å². The summed E-state index contributed by atoms with van der Waals surface area (Å²) in [6.07, 6.45) is 18.1. The highest BCUT2D eigenvalue weighted by Crippen LogP contribution is 2.46. The molecule has 22 heavy (non-hydrogen) atoms. The summed E-state index contributed by atoms with van der Waals surface area (Å²) in [5.74, 6) is 3.05. The lowest BCUT2D eigenvalue weighted by Gasteiger charge is -2.34. The molecular weight excluding hydrogens is 264 g/mol. The number of rotatable bonds is 1. The van der Waals surface area contributed by atoms with Gasteiger partial charge < -0.3 is 0 Å². The summed E-state index contributed by atoms with van der Waals surface area (Å²) < 4.78 is 0. The molecule has 0 aromatic heterocycles. The number of hydrogen-bond donors (Lipinski definition) is 0. The Labute approximate surface area is 137 Å². The molecule has 0 aromatic carbocycles. The molecule has 0 aromatic rings. The molecule has 0 aliphatic heterocycles. The normalized spacial score (nSPS) is 35.4. The van der Waals surface area contributed by atoms with Gasteiger partial charge in [-0.05, 0) is 86.8 Å². The van der Waals surface area contributed by atoms with Crippen LogP contribution in [0.4, 0.5) is 0 Å². The highest BCUT2D eigenvalue weighted by molar-refractivity contribution is 5.38. The maximum absolute atomic E-state index is 3.50. The van der Waals surface area contributed by atoms with E-state index < -0.39 is 0 Å². The van der Waals surface area contributed by atoms with E-state index in [2.05, 4.69) is 44.7 Å². The van der Waals surface area contributed by atoms with Gasteiger partial charge in [0.1, 0.15) is 0 Å². The van der Waals surface area contributed by atoms with Crippen LogP contribution in [0.5, 0.6) is 0 Å². The molecule has 0 spiro atoms. The molecule has 3 atom stereocenters. The number of hydrogen-bond acceptors (Lipinski definition) is 0. The molecular formula is C22H32. The minimum atomic E-state index is 0.628. The van der Waals surface area contributed by atoms with Crippen LogP contribution in [0.25, 0.3) is 0 Å². The summed E-state index contributed by atoms with van der Waals surface area (Å²) in [5.41, 5.74) is 8.59. The van der Waals surface area contributed by atoms with Gasteiger partial charge in [0.2, 0.25) is 0 Å². The molecule has 0 saturated heterocycles. The van der Waals surface area contributed by atoms with Gasteiger partial charge in [0.05, 0.1) is 0 Å². The Hall–Kier alpha value is -1.00. The van der Waals surface area contributed by atoms with E-state index in [1.54, 1.807) is 16.7 Å². The fourth-order valence-electron chi connectivity index (χ4n) is 5.23. The lowest BCUT2D eigenvalue weighted by atomic mass is 9.70. The second kappa shape index (κ2) is 7.05. The molecule has 3 aliphatic carbocycles. The molecule has 0 amide bonds. The van der Waals surface area contributed by atoms with Crippen molar-refractivity contribution in [3.63, 3.8) is 0 Å². The molecule has 1 fully saturated rings. The van der Waals surface area contributed by atoms with E-state index in [4.69, 9.17) is 0 Å². The third-order valence-corrected chi connectivity index (χ3v) is 6.43. The highest BCUT2D eigenvalue weighted by Gasteiger charge is 2.33. The van der Waals surface area contributed by atoms with Crippen LogP contribution in [0.2, 0.25) is 0 Å². The van der Waals surface area contributed by atoms with Gasteiger partial charge in [-0.15, -0.1) is 5.73 Å². The summed E-state index contributed by atoms with van der Waals surface area (Å²) in [5, 5.41) is 0. The van der Waals surface area contributed by atoms with Gasteiger partial charge in [-0.3, -0.25) is 0 Å². The van der Waals surface area contributed by atoms with E-state index in [0.717, 1.165) is 18.3 Å². The molecule has 0 N–H and O–H groups in total. The predicted molar refractivity (Wildman–Crippen MR) is 95.7 cm³/mol. The van der Waals surface area contributed by atoms with Gasteiger partial charge in [-0.1, -0.05) is 43.9 Å². The Morgan fingerprint density at radius 1 is 1.09 bits per heavy atom. The van der Waals surface area contributed by atoms with E-state index in [1.807, 2.05) is 0 Å². The summed E-state index contributed by atoms with van der Waals surface area (Å²) in [4.78, 5) is 0. The fourth-order valence-corrected chi connectivity index (χ4v) is 5.23. The van der Waals surface area contributed by atoms with Crippen molar-refractivity contribution in [1.82, 2.24) is 0 Å². The number of allylic oxidation sites excluding steroid dienone is 5. The lowest BCUT2D eigenvalue weighted by molar-refractivity contribution is 0.347. The molecule has 1 saturated carbocycles. The van der Waals surface area contributed by atoms with Crippen molar-refractivity contribution in [2.75, 3.05) is 0 Å². The van der Waals surface area contributed by atoms with Crippen LogP contribution >= 0.6 is 0 Å². The van der Waals surface area contributed by atoms with Crippen LogP contribution in [0.15, 0.2) is 40.7 Å². The Morgan fingerprint density at radius 3 is 2.59 bits per heavy atom. The quantitative estimate of drug-likeness (QED) is 0.377. The van der Waals surface area contributed by atoms with Gasteiger partial charge in [0.25, 0.3) is 0 Å². The topological polar surface area (TPSA) is 0 Å². The Morgan fingerprint density at radius 2 is 1.86 bits per heavy atom. The Kier molecular flexibility index (Phi) is 5.09. The monoisotopic (exact) mass is 296 g/mol. The smallest absolute Gasteiger partial charge is 0.00126 e. The lowest BCUT2D eigenvalue weighted by Crippen LogP contribution is -2.22. The molecule has 3 rings (SSSR count). The van der Waals surface area contributed by atoms with Crippen LogP contribution in [0.3, 0.4) is 0 Å². The standard InChI is InChI=1S/C22H32/c1-4-18-13-9-15-20(19-11-6-7-12-19)21-14-8-5-10-16(2)22(21)17(18)3/h4-5,14,16-17,19-20H,6-7,9-13,15H2,1-3H3/b18-4-. The third-order valence-electron chi connectivity index (χ3n) is 6.43. The van der Waals surface area contributed by atoms with E-state index in [9.17, 15) is 0 Å². The molecule has 0 radical (unpaired) electrons. The van der Waals surface area contributed by atoms with Crippen LogP contribution in [-0.4, -0.2) is 0 Å². The van der Waals surface area contributed by atoms with Crippen molar-refractivity contribution in [1.29, 1.82) is 0 Å². The zero-order valence-electron chi connectivity index (χ0n) is 14.7. The van der Waals surface area contributed by atoms with Crippen molar-refractivity contribution >= 4 is 0 Å². The molecule has 0 heterocycles. The largest absolute Gasteiger partial charge is 0.125 e. The molecule has 0 bridgehead atoms. The van der Waals surface area contributed by atoms with E-state index in [-0.39, 0.29) is 0 Å². The summed E-state index contributed by atoms with van der Waals surface area (Å²) >= 11 is 0. The average molecular weight is 296 g/mol. The second-order valence-corrected chi connectivity index (χ2v) is 7.69. The van der Waals surface area contributed by atoms with E-state index in [0.29, 0.717) is 11.8 Å². The Bertz CT molecular complexity index is 518. The Balaban J connectivity index is 2.07. The minimum absolute atomic E-state index is 0.628. The first-order valence-corrected chi connectivity index (χ1v) is 9.52. The van der Waals surface area contributed by atoms with Crippen molar-refractivity contribution in [3.05, 3.63) is 40.7 Å². The SMILES string of the molecule is C/C=C1/CCCC(C2CCCC2)C2=C(C(C)CC=C=C2)C1C. The molecule has 3 aliphatic rings. The van der Waals surface area contributed by atoms with Crippen molar-refractivity contribution in [2.45, 2.75) is 72.1 Å². The summed E-state index contributed by atoms with van der Waals surface area (Å²) in [7, 11) is 0. The van der Waals surface area contributed by atoms with Crippen LogP contribution < -0.4 is 0 Å². The fraction of sp³-hybridized carbons (Fsp3) is 0.682. The third kappa shape index (κ3) is 3.04. The van der Waals surface area contributed by atoms with Gasteiger partial charge in [-0.25, -0.2) is 0 Å². The second-order valence-electron chi connectivity index (χ2n) is 7.69. The maximum atomic E-state index is 3.50. The zero-order valence-corrected chi connectivity index (χ0v) is 14.7. The minimum Gasteiger partial charge on any atom is -0.125 e. The van der Waals surface area contributed by atoms with Gasteiger partial charge in [0, 0.05) is 0 Å². The predicted octanol–water partition coefficient (Wildman–Crippen LogP) is 6.61. The van der Waals surface area contributed by atoms with Crippen LogP contribution in [-0.2, 0) is 0 Å². The van der Waals surface area contributed by atoms with Crippen LogP contribution in [0.1, 0.15) is 72.1 Å². The zero-order chi connectivity index (χ0) is 15.5. The first kappa shape index (κ1) is 15.9. The first-order chi connectivity index (χ1) is 10.7. The van der Waals surface area contributed by atoms with Gasteiger partial charge in [0.15, 0.2) is 0 Å². The van der Waals surface area contributed by atoms with Crippen molar-refractivity contribution < 1.29 is 0 Å². The molecule has 0 nitrogen and oxygen atoms in total. The maximum Gasteiger partial charge on any atom is -0.00126 e.